The Hall–Kier alpha value is -2.21. The summed E-state index contributed by atoms with van der Waals surface area (Å²) in [5, 5.41) is 2.64. The number of amides is 2. The smallest absolute Gasteiger partial charge is 0.354 e. The van der Waals surface area contributed by atoms with E-state index >= 15 is 0 Å². The Labute approximate surface area is 234 Å². The minimum atomic E-state index is -4.86. The molecule has 1 N–H and O–H groups in total. The Morgan fingerprint density at radius 3 is 2.26 bits per heavy atom. The van der Waals surface area contributed by atoms with E-state index in [0.29, 0.717) is 33.9 Å². The van der Waals surface area contributed by atoms with Crippen LogP contribution in [0.3, 0.4) is 0 Å². The molecule has 0 fully saturated rings. The molecule has 0 unspecified atom stereocenters. The van der Waals surface area contributed by atoms with Crippen LogP contribution in [0.15, 0.2) is 36.4 Å². The number of nitrogens with zero attached hydrogens (tertiary/aromatic N) is 2. The lowest BCUT2D eigenvalue weighted by molar-refractivity contribution is -0.139. The highest BCUT2D eigenvalue weighted by Crippen LogP contribution is 2.37. The molecule has 0 spiro atoms. The van der Waals surface area contributed by atoms with Crippen molar-refractivity contribution in [2.75, 3.05) is 23.7 Å². The first-order valence-electron chi connectivity index (χ1n) is 11.4. The number of carbonyl (C=O) groups excluding carboxylic acids is 2. The van der Waals surface area contributed by atoms with Gasteiger partial charge in [-0.1, -0.05) is 54.2 Å². The van der Waals surface area contributed by atoms with Gasteiger partial charge < -0.3 is 10.2 Å². The van der Waals surface area contributed by atoms with Gasteiger partial charge in [-0.25, -0.2) is 8.42 Å². The minimum Gasteiger partial charge on any atom is -0.354 e. The number of hydrogen-bond acceptors (Lipinski definition) is 4. The molecular weight excluding hydrogens is 590 g/mol. The normalized spacial score (nSPS) is 12.7. The molecule has 38 heavy (non-hydrogen) atoms. The maximum atomic E-state index is 13.5. The molecule has 0 aliphatic carbocycles. The summed E-state index contributed by atoms with van der Waals surface area (Å²) in [4.78, 5) is 27.4. The van der Waals surface area contributed by atoms with Crippen molar-refractivity contribution in [3.63, 3.8) is 0 Å². The van der Waals surface area contributed by atoms with Gasteiger partial charge in [0.2, 0.25) is 21.8 Å². The van der Waals surface area contributed by atoms with E-state index in [2.05, 4.69) is 5.32 Å². The van der Waals surface area contributed by atoms with Crippen molar-refractivity contribution >= 4 is 62.3 Å². The lowest BCUT2D eigenvalue weighted by Gasteiger charge is -2.32. The highest BCUT2D eigenvalue weighted by atomic mass is 35.5. The number of benzene rings is 2. The van der Waals surface area contributed by atoms with Crippen molar-refractivity contribution in [1.29, 1.82) is 0 Å². The zero-order chi connectivity index (χ0) is 28.8. The number of anilines is 1. The first-order chi connectivity index (χ1) is 17.6. The molecule has 0 radical (unpaired) electrons. The van der Waals surface area contributed by atoms with Crippen molar-refractivity contribution < 1.29 is 31.2 Å². The molecule has 2 rings (SSSR count). The molecule has 1 atom stereocenters. The Bertz CT molecular complexity index is 1280. The highest BCUT2D eigenvalue weighted by molar-refractivity contribution is 7.92. The molecule has 0 aliphatic rings. The lowest BCUT2D eigenvalue weighted by atomic mass is 10.1. The van der Waals surface area contributed by atoms with Gasteiger partial charge in [0.15, 0.2) is 0 Å². The van der Waals surface area contributed by atoms with Gasteiger partial charge in [0.05, 0.1) is 22.5 Å². The standard InChI is InChI=1S/C24H27Cl3F3N3O4S/c1-4-5-10-31-23(35)15(2)32(13-16-6-7-17(25)11-21(16)27)22(34)14-33(38(3,36)37)18-8-9-20(26)19(12-18)24(28,29)30/h6-9,11-12,15H,4-5,10,13-14H2,1-3H3,(H,31,35)/t15-/m1/s1. The summed E-state index contributed by atoms with van der Waals surface area (Å²) in [6.45, 7) is 2.69. The molecule has 0 heterocycles. The Morgan fingerprint density at radius 2 is 1.71 bits per heavy atom. The first kappa shape index (κ1) is 32.0. The van der Waals surface area contributed by atoms with Gasteiger partial charge in [-0.15, -0.1) is 0 Å². The fraction of sp³-hybridized carbons (Fsp3) is 0.417. The quantitative estimate of drug-likeness (QED) is 0.325. The third-order valence-electron chi connectivity index (χ3n) is 5.58. The van der Waals surface area contributed by atoms with E-state index in [0.717, 1.165) is 29.7 Å². The van der Waals surface area contributed by atoms with Gasteiger partial charge in [-0.05, 0) is 49.2 Å². The van der Waals surface area contributed by atoms with Gasteiger partial charge in [0.1, 0.15) is 12.6 Å². The number of rotatable bonds is 11. The van der Waals surface area contributed by atoms with Crippen LogP contribution >= 0.6 is 34.8 Å². The number of nitrogens with one attached hydrogen (secondary N) is 1. The zero-order valence-corrected chi connectivity index (χ0v) is 23.9. The van der Waals surface area contributed by atoms with Crippen LogP contribution in [0.5, 0.6) is 0 Å². The first-order valence-corrected chi connectivity index (χ1v) is 14.4. The lowest BCUT2D eigenvalue weighted by Crippen LogP contribution is -2.51. The van der Waals surface area contributed by atoms with E-state index < -0.39 is 56.9 Å². The molecule has 2 aromatic carbocycles. The van der Waals surface area contributed by atoms with Crippen LogP contribution in [-0.4, -0.2) is 50.5 Å². The summed E-state index contributed by atoms with van der Waals surface area (Å²) in [5.41, 5.74) is -1.25. The number of sulfonamides is 1. The van der Waals surface area contributed by atoms with Gasteiger partial charge in [-0.2, -0.15) is 13.2 Å². The van der Waals surface area contributed by atoms with Crippen LogP contribution in [-0.2, 0) is 32.3 Å². The van der Waals surface area contributed by atoms with Gasteiger partial charge >= 0.3 is 6.18 Å². The van der Waals surface area contributed by atoms with Crippen LogP contribution in [0.25, 0.3) is 0 Å². The molecular formula is C24H27Cl3F3N3O4S. The second-order valence-corrected chi connectivity index (χ2v) is 11.7. The second-order valence-electron chi connectivity index (χ2n) is 8.51. The summed E-state index contributed by atoms with van der Waals surface area (Å²) in [6.07, 6.45) is -2.58. The summed E-state index contributed by atoms with van der Waals surface area (Å²) < 4.78 is 66.0. The number of unbranched alkanes of at least 4 members (excludes halogenated alkanes) is 1. The SMILES string of the molecule is CCCCNC(=O)[C@@H](C)N(Cc1ccc(Cl)cc1Cl)C(=O)CN(c1ccc(Cl)c(C(F)(F)F)c1)S(C)(=O)=O. The van der Waals surface area contributed by atoms with E-state index in [1.165, 1.54) is 19.1 Å². The second kappa shape index (κ2) is 13.2. The molecule has 210 valence electrons. The van der Waals surface area contributed by atoms with Crippen LogP contribution in [0, 0.1) is 0 Å². The average molecular weight is 617 g/mol. The largest absolute Gasteiger partial charge is 0.417 e. The van der Waals surface area contributed by atoms with Crippen molar-refractivity contribution in [3.05, 3.63) is 62.6 Å². The molecule has 0 saturated carbocycles. The number of halogens is 6. The molecule has 2 amide bonds. The van der Waals surface area contributed by atoms with Crippen LogP contribution < -0.4 is 9.62 Å². The third-order valence-corrected chi connectivity index (χ3v) is 7.63. The van der Waals surface area contributed by atoms with Gasteiger partial charge in [-0.3, -0.25) is 13.9 Å². The van der Waals surface area contributed by atoms with E-state index in [1.807, 2.05) is 6.92 Å². The van der Waals surface area contributed by atoms with Crippen molar-refractivity contribution in [1.82, 2.24) is 10.2 Å². The van der Waals surface area contributed by atoms with E-state index in [-0.39, 0.29) is 11.6 Å². The van der Waals surface area contributed by atoms with Crippen LogP contribution in [0.2, 0.25) is 15.1 Å². The Morgan fingerprint density at radius 1 is 1.05 bits per heavy atom. The van der Waals surface area contributed by atoms with Crippen LogP contribution in [0.1, 0.15) is 37.8 Å². The van der Waals surface area contributed by atoms with Crippen molar-refractivity contribution in [3.8, 4) is 0 Å². The molecule has 7 nitrogen and oxygen atoms in total. The fourth-order valence-electron chi connectivity index (χ4n) is 3.45. The zero-order valence-electron chi connectivity index (χ0n) is 20.8. The third kappa shape index (κ3) is 8.65. The summed E-state index contributed by atoms with van der Waals surface area (Å²) >= 11 is 17.9. The number of hydrogen-bond donors (Lipinski definition) is 1. The summed E-state index contributed by atoms with van der Waals surface area (Å²) in [5.74, 6) is -1.34. The van der Waals surface area contributed by atoms with Gasteiger partial charge in [0, 0.05) is 23.1 Å². The minimum absolute atomic E-state index is 0.191. The van der Waals surface area contributed by atoms with E-state index in [4.69, 9.17) is 34.8 Å². The number of carbonyl (C=O) groups is 2. The Kier molecular flexibility index (Phi) is 11.1. The summed E-state index contributed by atoms with van der Waals surface area (Å²) in [7, 11) is -4.24. The van der Waals surface area contributed by atoms with E-state index in [1.54, 1.807) is 6.07 Å². The fourth-order valence-corrected chi connectivity index (χ4v) is 4.99. The predicted molar refractivity (Wildman–Crippen MR) is 143 cm³/mol. The predicted octanol–water partition coefficient (Wildman–Crippen LogP) is 5.77. The number of alkyl halides is 3. The van der Waals surface area contributed by atoms with E-state index in [9.17, 15) is 31.2 Å². The summed E-state index contributed by atoms with van der Waals surface area (Å²) in [6, 6.07) is 5.98. The van der Waals surface area contributed by atoms with Crippen molar-refractivity contribution in [2.24, 2.45) is 0 Å². The monoisotopic (exact) mass is 615 g/mol. The topological polar surface area (TPSA) is 86.8 Å². The average Bonchev–Trinajstić information content (AvgIpc) is 2.80. The molecule has 0 aromatic heterocycles. The highest BCUT2D eigenvalue weighted by Gasteiger charge is 2.35. The molecule has 0 saturated heterocycles. The Balaban J connectivity index is 2.48. The van der Waals surface area contributed by atoms with Crippen molar-refractivity contribution in [2.45, 2.75) is 45.5 Å². The maximum absolute atomic E-state index is 13.5. The molecule has 0 bridgehead atoms. The molecule has 2 aromatic rings. The molecule has 14 heteroatoms. The maximum Gasteiger partial charge on any atom is 0.417 e. The van der Waals surface area contributed by atoms with Crippen LogP contribution in [0.4, 0.5) is 18.9 Å². The molecule has 0 aliphatic heterocycles. The van der Waals surface area contributed by atoms with Gasteiger partial charge in [0.25, 0.3) is 0 Å².